The molecule has 0 fully saturated rings. The van der Waals surface area contributed by atoms with Crippen molar-refractivity contribution in [1.29, 1.82) is 0 Å². The van der Waals surface area contributed by atoms with E-state index < -0.39 is 46.4 Å². The van der Waals surface area contributed by atoms with Gasteiger partial charge in [-0.1, -0.05) is 55.0 Å². The molecule has 1 unspecified atom stereocenters. The van der Waals surface area contributed by atoms with Crippen LogP contribution in [-0.4, -0.2) is 46.1 Å². The van der Waals surface area contributed by atoms with Gasteiger partial charge in [0.15, 0.2) is 0 Å². The Kier molecular flexibility index (Phi) is 9.08. The summed E-state index contributed by atoms with van der Waals surface area (Å²) in [6.07, 6.45) is -3.66. The number of halogens is 6. The summed E-state index contributed by atoms with van der Waals surface area (Å²) in [5.41, 5.74) is -0.387. The quantitative estimate of drug-likeness (QED) is 0.347. The Morgan fingerprint density at radius 1 is 0.923 bits per heavy atom. The van der Waals surface area contributed by atoms with Gasteiger partial charge in [-0.05, 0) is 54.2 Å². The zero-order chi connectivity index (χ0) is 29.1. The first-order chi connectivity index (χ1) is 18.0. The van der Waals surface area contributed by atoms with E-state index in [4.69, 9.17) is 0 Å². The van der Waals surface area contributed by atoms with Crippen molar-refractivity contribution in [2.24, 2.45) is 5.92 Å². The summed E-state index contributed by atoms with van der Waals surface area (Å²) in [5, 5.41) is 0. The van der Waals surface area contributed by atoms with Crippen molar-refractivity contribution in [2.75, 3.05) is 20.6 Å². The van der Waals surface area contributed by atoms with Gasteiger partial charge in [0.1, 0.15) is 11.5 Å². The summed E-state index contributed by atoms with van der Waals surface area (Å²) in [6.45, 7) is 1.58. The van der Waals surface area contributed by atoms with Crippen molar-refractivity contribution in [3.05, 3.63) is 83.5 Å². The summed E-state index contributed by atoms with van der Waals surface area (Å²) >= 11 is 0. The maximum absolute atomic E-state index is 13.0. The Morgan fingerprint density at radius 2 is 1.44 bits per heavy atom. The summed E-state index contributed by atoms with van der Waals surface area (Å²) < 4.78 is 115. The fourth-order valence-corrected chi connectivity index (χ4v) is 4.90. The average Bonchev–Trinajstić information content (AvgIpc) is 2.81. The lowest BCUT2D eigenvalue weighted by Gasteiger charge is -2.37. The second-order valence-electron chi connectivity index (χ2n) is 9.37. The van der Waals surface area contributed by atoms with Crippen LogP contribution in [0.5, 0.6) is 11.5 Å². The summed E-state index contributed by atoms with van der Waals surface area (Å²) in [7, 11) is -1.48. The number of alkyl halides is 6. The van der Waals surface area contributed by atoms with Gasteiger partial charge >= 0.3 is 12.7 Å². The summed E-state index contributed by atoms with van der Waals surface area (Å²) in [5.74, 6) is -0.906. The van der Waals surface area contributed by atoms with Gasteiger partial charge in [0, 0.05) is 26.1 Å². The number of hydrogen-bond donors (Lipinski definition) is 1. The molecule has 1 aliphatic carbocycles. The fraction of sp³-hybridized carbons (Fsp3) is 0.385. The van der Waals surface area contributed by atoms with Gasteiger partial charge in [0.25, 0.3) is 10.2 Å². The van der Waals surface area contributed by atoms with Crippen LogP contribution in [0.2, 0.25) is 0 Å². The monoisotopic (exact) mass is 578 g/mol. The molecule has 1 atom stereocenters. The number of nitrogens with one attached hydrogen (secondary N) is 1. The maximum atomic E-state index is 13.0. The van der Waals surface area contributed by atoms with Crippen LogP contribution < -0.4 is 14.2 Å². The SMILES string of the molecule is CC1C=CC(CC(CNS(=O)(=O)N(C)C)(c2cccc(OC(F)(F)F)c2)c2cccc(OC(F)(F)F)c2)=CC1. The van der Waals surface area contributed by atoms with Crippen LogP contribution in [0.1, 0.15) is 30.9 Å². The van der Waals surface area contributed by atoms with Crippen LogP contribution in [0.3, 0.4) is 0 Å². The minimum Gasteiger partial charge on any atom is -0.406 e. The minimum atomic E-state index is -5.00. The highest BCUT2D eigenvalue weighted by Gasteiger charge is 2.39. The van der Waals surface area contributed by atoms with E-state index >= 15 is 0 Å². The van der Waals surface area contributed by atoms with Crippen molar-refractivity contribution in [2.45, 2.75) is 37.9 Å². The van der Waals surface area contributed by atoms with Crippen LogP contribution in [0.25, 0.3) is 0 Å². The first-order valence-electron chi connectivity index (χ1n) is 11.8. The molecular weight excluding hydrogens is 550 g/mol. The molecule has 0 saturated heterocycles. The van der Waals surface area contributed by atoms with E-state index in [9.17, 15) is 34.8 Å². The molecule has 2 aromatic carbocycles. The highest BCUT2D eigenvalue weighted by atomic mass is 32.2. The molecule has 0 aliphatic heterocycles. The fourth-order valence-electron chi connectivity index (χ4n) is 4.21. The smallest absolute Gasteiger partial charge is 0.406 e. The predicted octanol–water partition coefficient (Wildman–Crippen LogP) is 6.08. The van der Waals surface area contributed by atoms with Crippen molar-refractivity contribution < 1.29 is 44.2 Å². The number of hydrogen-bond acceptors (Lipinski definition) is 4. The zero-order valence-electron chi connectivity index (χ0n) is 21.3. The number of benzene rings is 2. The Morgan fingerprint density at radius 3 is 1.85 bits per heavy atom. The van der Waals surface area contributed by atoms with Gasteiger partial charge in [-0.25, -0.2) is 4.72 Å². The topological polar surface area (TPSA) is 67.9 Å². The normalized spacial score (nSPS) is 16.8. The third-order valence-electron chi connectivity index (χ3n) is 6.17. The average molecular weight is 579 g/mol. The van der Waals surface area contributed by atoms with Crippen LogP contribution >= 0.6 is 0 Å². The number of allylic oxidation sites excluding steroid dienone is 4. The van der Waals surface area contributed by atoms with E-state index in [0.717, 1.165) is 34.1 Å². The lowest BCUT2D eigenvalue weighted by atomic mass is 9.69. The van der Waals surface area contributed by atoms with Gasteiger partial charge in [0.05, 0.1) is 0 Å². The Balaban J connectivity index is 2.25. The Hall–Kier alpha value is -3.03. The molecule has 0 amide bonds. The van der Waals surface area contributed by atoms with Gasteiger partial charge in [-0.15, -0.1) is 26.3 Å². The van der Waals surface area contributed by atoms with Crippen molar-refractivity contribution in [3.63, 3.8) is 0 Å². The predicted molar refractivity (Wildman–Crippen MR) is 133 cm³/mol. The molecule has 0 aromatic heterocycles. The van der Waals surface area contributed by atoms with Gasteiger partial charge in [0.2, 0.25) is 0 Å². The molecule has 13 heteroatoms. The maximum Gasteiger partial charge on any atom is 0.573 e. The van der Waals surface area contributed by atoms with Crippen LogP contribution in [0, 0.1) is 5.92 Å². The van der Waals surface area contributed by atoms with Crippen LogP contribution in [-0.2, 0) is 15.6 Å². The molecule has 3 rings (SSSR count). The lowest BCUT2D eigenvalue weighted by molar-refractivity contribution is -0.275. The molecule has 6 nitrogen and oxygen atoms in total. The van der Waals surface area contributed by atoms with Gasteiger partial charge < -0.3 is 9.47 Å². The third-order valence-corrected chi connectivity index (χ3v) is 7.64. The third kappa shape index (κ3) is 8.48. The summed E-state index contributed by atoms with van der Waals surface area (Å²) in [6, 6.07) is 9.91. The van der Waals surface area contributed by atoms with E-state index in [1.54, 1.807) is 0 Å². The molecule has 0 bridgehead atoms. The van der Waals surface area contributed by atoms with E-state index in [1.807, 2.05) is 25.2 Å². The number of nitrogens with zero attached hydrogens (tertiary/aromatic N) is 1. The molecule has 1 N–H and O–H groups in total. The van der Waals surface area contributed by atoms with Crippen LogP contribution in [0.15, 0.2) is 72.3 Å². The minimum absolute atomic E-state index is 0.0388. The zero-order valence-corrected chi connectivity index (χ0v) is 22.1. The van der Waals surface area contributed by atoms with Gasteiger partial charge in [-0.2, -0.15) is 12.7 Å². The second-order valence-corrected chi connectivity index (χ2v) is 11.3. The van der Waals surface area contributed by atoms with Crippen LogP contribution in [0.4, 0.5) is 26.3 Å². The number of ether oxygens (including phenoxy) is 2. The largest absolute Gasteiger partial charge is 0.573 e. The summed E-state index contributed by atoms with van der Waals surface area (Å²) in [4.78, 5) is 0. The van der Waals surface area contributed by atoms with Crippen molar-refractivity contribution >= 4 is 10.2 Å². The Bertz CT molecular complexity index is 1260. The first-order valence-corrected chi connectivity index (χ1v) is 13.2. The highest BCUT2D eigenvalue weighted by Crippen LogP contribution is 2.42. The second kappa shape index (κ2) is 11.6. The molecule has 1 aliphatic rings. The molecule has 0 heterocycles. The van der Waals surface area contributed by atoms with Crippen molar-refractivity contribution in [3.8, 4) is 11.5 Å². The highest BCUT2D eigenvalue weighted by molar-refractivity contribution is 7.87. The number of rotatable bonds is 10. The first kappa shape index (κ1) is 30.5. The van der Waals surface area contributed by atoms with Gasteiger partial charge in [-0.3, -0.25) is 0 Å². The van der Waals surface area contributed by atoms with E-state index in [-0.39, 0.29) is 23.5 Å². The lowest BCUT2D eigenvalue weighted by Crippen LogP contribution is -2.45. The molecule has 39 heavy (non-hydrogen) atoms. The van der Waals surface area contributed by atoms with Crippen molar-refractivity contribution in [1.82, 2.24) is 9.03 Å². The molecule has 0 radical (unpaired) electrons. The molecule has 2 aromatic rings. The molecule has 214 valence electrons. The molecule has 0 spiro atoms. The standard InChI is InChI=1S/C26H28F6N2O4S/c1-18-10-12-19(13-11-18)16-24(17-33-39(35,36)34(2)3,20-6-4-8-22(14-20)37-25(27,28)29)21-7-5-9-23(15-21)38-26(30,31)32/h4-10,12-15,18,33H,11,16-17H2,1-3H3. The molecular formula is C26H28F6N2O4S. The Labute approximate surface area is 223 Å². The molecule has 0 saturated carbocycles. The van der Waals surface area contributed by atoms with E-state index in [0.29, 0.717) is 6.42 Å². The van der Waals surface area contributed by atoms with E-state index in [1.165, 1.54) is 38.4 Å². The van der Waals surface area contributed by atoms with E-state index in [2.05, 4.69) is 14.2 Å².